The van der Waals surface area contributed by atoms with E-state index < -0.39 is 17.9 Å². The molecule has 2 heterocycles. The Kier molecular flexibility index (Phi) is 8.38. The highest BCUT2D eigenvalue weighted by atomic mass is 16.5. The molecule has 0 saturated heterocycles. The fourth-order valence-corrected chi connectivity index (χ4v) is 5.34. The van der Waals surface area contributed by atoms with Gasteiger partial charge in [-0.3, -0.25) is 0 Å². The molecule has 4 aromatic rings. The largest absolute Gasteiger partial charge is 0.508 e. The maximum absolute atomic E-state index is 13.8. The third-order valence-electron chi connectivity index (χ3n) is 7.24. The van der Waals surface area contributed by atoms with Crippen LogP contribution in [0.15, 0.2) is 48.5 Å². The van der Waals surface area contributed by atoms with Gasteiger partial charge in [0.25, 0.3) is 0 Å². The first-order chi connectivity index (χ1) is 20.3. The summed E-state index contributed by atoms with van der Waals surface area (Å²) in [5.74, 6) is -1.60. The molecule has 2 N–H and O–H groups in total. The molecule has 0 atom stereocenters. The van der Waals surface area contributed by atoms with E-state index in [2.05, 4.69) is 4.98 Å². The molecule has 0 spiro atoms. The van der Waals surface area contributed by atoms with Gasteiger partial charge < -0.3 is 24.3 Å². The van der Waals surface area contributed by atoms with Crippen LogP contribution >= 0.6 is 0 Å². The smallest absolute Gasteiger partial charge is 0.355 e. The van der Waals surface area contributed by atoms with E-state index in [4.69, 9.17) is 19.2 Å². The monoisotopic (exact) mass is 568 g/mol. The second-order valence-electron chi connectivity index (χ2n) is 9.94. The number of phenolic OH excluding ortho intramolecular Hbond substituents is 1. The summed E-state index contributed by atoms with van der Waals surface area (Å²) in [7, 11) is 0. The quantitative estimate of drug-likeness (QED) is 0.191. The Balaban J connectivity index is 1.53. The molecule has 0 fully saturated rings. The van der Waals surface area contributed by atoms with Crippen LogP contribution in [0, 0.1) is 6.92 Å². The van der Waals surface area contributed by atoms with Crippen LogP contribution in [0.1, 0.15) is 86.0 Å². The number of carbonyl (C=O) groups is 3. The van der Waals surface area contributed by atoms with Crippen molar-refractivity contribution >= 4 is 40.5 Å². The van der Waals surface area contributed by atoms with Crippen LogP contribution in [0.4, 0.5) is 0 Å². The van der Waals surface area contributed by atoms with Crippen molar-refractivity contribution in [2.45, 2.75) is 46.6 Å². The Morgan fingerprint density at radius 2 is 1.60 bits per heavy atom. The van der Waals surface area contributed by atoms with Crippen LogP contribution in [0.3, 0.4) is 0 Å². The molecule has 0 unspecified atom stereocenters. The lowest BCUT2D eigenvalue weighted by molar-refractivity contribution is 0.0446. The standard InChI is InChI=1S/C33H32N2O7/c1-4-40-31(37)27-19(3)29(33(39)41-5-2)35-26(27)18-42-32(38)28-23-10-6-7-12-25(23)34-30-21(9-8-11-24(28)30)17-20-13-15-22(36)16-14-20/h6-7,10,12-17,35-36H,4-5,8-9,11,18H2,1-3H3. The number of esters is 3. The van der Waals surface area contributed by atoms with Crippen molar-refractivity contribution in [1.29, 1.82) is 0 Å². The van der Waals surface area contributed by atoms with Crippen molar-refractivity contribution in [3.8, 4) is 5.75 Å². The Labute approximate surface area is 243 Å². The number of H-pyrrole nitrogens is 1. The zero-order valence-electron chi connectivity index (χ0n) is 23.8. The van der Waals surface area contributed by atoms with E-state index >= 15 is 0 Å². The number of ether oxygens (including phenoxy) is 3. The van der Waals surface area contributed by atoms with E-state index in [0.29, 0.717) is 28.5 Å². The van der Waals surface area contributed by atoms with E-state index in [9.17, 15) is 19.5 Å². The Morgan fingerprint density at radius 3 is 2.33 bits per heavy atom. The molecule has 1 aliphatic carbocycles. The molecular weight excluding hydrogens is 536 g/mol. The van der Waals surface area contributed by atoms with Gasteiger partial charge in [0.15, 0.2) is 0 Å². The normalized spacial score (nSPS) is 13.5. The molecule has 0 bridgehead atoms. The summed E-state index contributed by atoms with van der Waals surface area (Å²) in [6, 6.07) is 14.3. The van der Waals surface area contributed by atoms with Gasteiger partial charge in [0, 0.05) is 5.39 Å². The van der Waals surface area contributed by atoms with Crippen molar-refractivity contribution in [1.82, 2.24) is 9.97 Å². The average molecular weight is 569 g/mol. The van der Waals surface area contributed by atoms with E-state index in [-0.39, 0.29) is 42.5 Å². The minimum atomic E-state index is -0.622. The van der Waals surface area contributed by atoms with Crippen molar-refractivity contribution in [3.05, 3.63) is 93.4 Å². The van der Waals surface area contributed by atoms with Gasteiger partial charge in [-0.15, -0.1) is 0 Å². The van der Waals surface area contributed by atoms with Crippen molar-refractivity contribution < 1.29 is 33.7 Å². The summed E-state index contributed by atoms with van der Waals surface area (Å²) in [4.78, 5) is 47.0. The summed E-state index contributed by atoms with van der Waals surface area (Å²) < 4.78 is 16.2. The number of phenols is 1. The fourth-order valence-electron chi connectivity index (χ4n) is 5.34. The highest BCUT2D eigenvalue weighted by molar-refractivity contribution is 6.07. The number of para-hydroxylation sites is 1. The van der Waals surface area contributed by atoms with Crippen molar-refractivity contribution in [2.75, 3.05) is 13.2 Å². The van der Waals surface area contributed by atoms with Crippen LogP contribution in [0.2, 0.25) is 0 Å². The number of nitrogens with zero attached hydrogens (tertiary/aromatic N) is 1. The number of benzene rings is 2. The Hall–Kier alpha value is -4.92. The minimum Gasteiger partial charge on any atom is -0.508 e. The molecule has 0 amide bonds. The van der Waals surface area contributed by atoms with Crippen molar-refractivity contribution in [3.63, 3.8) is 0 Å². The molecule has 9 heteroatoms. The van der Waals surface area contributed by atoms with Crippen molar-refractivity contribution in [2.24, 2.45) is 0 Å². The number of aromatic nitrogens is 2. The lowest BCUT2D eigenvalue weighted by atomic mass is 9.86. The molecule has 9 nitrogen and oxygen atoms in total. The van der Waals surface area contributed by atoms with Gasteiger partial charge in [-0.2, -0.15) is 0 Å². The molecule has 0 saturated carbocycles. The first-order valence-electron chi connectivity index (χ1n) is 14.0. The number of fused-ring (bicyclic) bond motifs is 2. The number of carbonyl (C=O) groups excluding carboxylic acids is 3. The molecule has 0 aliphatic heterocycles. The SMILES string of the molecule is CCOC(=O)c1[nH]c(COC(=O)c2c3c(nc4ccccc24)C(=Cc2ccc(O)cc2)CCC3)c(C(=O)OCC)c1C. The molecule has 2 aromatic heterocycles. The summed E-state index contributed by atoms with van der Waals surface area (Å²) >= 11 is 0. The summed E-state index contributed by atoms with van der Waals surface area (Å²) in [6.07, 6.45) is 4.28. The van der Waals surface area contributed by atoms with Gasteiger partial charge in [-0.1, -0.05) is 30.3 Å². The van der Waals surface area contributed by atoms with Gasteiger partial charge in [0.1, 0.15) is 18.1 Å². The number of aromatic hydroxyl groups is 1. The Morgan fingerprint density at radius 1 is 0.905 bits per heavy atom. The lowest BCUT2D eigenvalue weighted by Gasteiger charge is -2.22. The number of hydrogen-bond donors (Lipinski definition) is 2. The minimum absolute atomic E-state index is 0.113. The first kappa shape index (κ1) is 28.6. The highest BCUT2D eigenvalue weighted by Gasteiger charge is 2.29. The number of allylic oxidation sites excluding steroid dienone is 1. The molecule has 0 radical (unpaired) electrons. The maximum Gasteiger partial charge on any atom is 0.355 e. The first-order valence-corrected chi connectivity index (χ1v) is 14.0. The van der Waals surface area contributed by atoms with E-state index in [1.807, 2.05) is 42.5 Å². The van der Waals surface area contributed by atoms with E-state index in [0.717, 1.165) is 35.2 Å². The van der Waals surface area contributed by atoms with Gasteiger partial charge in [-0.05, 0) is 86.6 Å². The predicted molar refractivity (Wildman–Crippen MR) is 157 cm³/mol. The van der Waals surface area contributed by atoms with Gasteiger partial charge in [0.2, 0.25) is 0 Å². The summed E-state index contributed by atoms with van der Waals surface area (Å²) in [6.45, 7) is 5.03. The highest BCUT2D eigenvalue weighted by Crippen LogP contribution is 2.37. The number of aromatic amines is 1. The zero-order valence-corrected chi connectivity index (χ0v) is 23.8. The van der Waals surface area contributed by atoms with Crippen LogP contribution in [0.5, 0.6) is 5.75 Å². The topological polar surface area (TPSA) is 128 Å². The zero-order chi connectivity index (χ0) is 29.8. The third kappa shape index (κ3) is 5.63. The lowest BCUT2D eigenvalue weighted by Crippen LogP contribution is -2.16. The van der Waals surface area contributed by atoms with Crippen LogP contribution in [-0.4, -0.2) is 46.2 Å². The van der Waals surface area contributed by atoms with Crippen LogP contribution < -0.4 is 0 Å². The van der Waals surface area contributed by atoms with E-state index in [1.54, 1.807) is 32.9 Å². The second kappa shape index (κ2) is 12.3. The summed E-state index contributed by atoms with van der Waals surface area (Å²) in [5.41, 5.74) is 5.42. The molecule has 2 aromatic carbocycles. The number of pyridine rings is 1. The number of rotatable bonds is 8. The number of nitrogens with one attached hydrogen (secondary N) is 1. The third-order valence-corrected chi connectivity index (χ3v) is 7.24. The Bertz CT molecular complexity index is 1700. The molecule has 216 valence electrons. The molecule has 42 heavy (non-hydrogen) atoms. The predicted octanol–water partition coefficient (Wildman–Crippen LogP) is 6.16. The average Bonchev–Trinajstić information content (AvgIpc) is 3.32. The van der Waals surface area contributed by atoms with Gasteiger partial charge in [0.05, 0.1) is 41.2 Å². The molecule has 5 rings (SSSR count). The second-order valence-corrected chi connectivity index (χ2v) is 9.94. The fraction of sp³-hybridized carbons (Fsp3) is 0.273. The van der Waals surface area contributed by atoms with Crippen LogP contribution in [-0.2, 0) is 27.2 Å². The van der Waals surface area contributed by atoms with Gasteiger partial charge in [-0.25, -0.2) is 19.4 Å². The number of hydrogen-bond acceptors (Lipinski definition) is 8. The molecular formula is C33H32N2O7. The van der Waals surface area contributed by atoms with Crippen LogP contribution in [0.25, 0.3) is 22.6 Å². The van der Waals surface area contributed by atoms with Gasteiger partial charge >= 0.3 is 17.9 Å². The molecule has 1 aliphatic rings. The summed E-state index contributed by atoms with van der Waals surface area (Å²) in [5, 5.41) is 10.3. The van der Waals surface area contributed by atoms with E-state index in [1.165, 1.54) is 0 Å². The maximum atomic E-state index is 13.8.